The number of rotatable bonds is 7. The third-order valence-electron chi connectivity index (χ3n) is 4.32. The second kappa shape index (κ2) is 8.99. The monoisotopic (exact) mass is 377 g/mol. The molecule has 144 valence electrons. The van der Waals surface area contributed by atoms with Gasteiger partial charge < -0.3 is 10.1 Å². The van der Waals surface area contributed by atoms with Crippen molar-refractivity contribution in [2.75, 3.05) is 7.11 Å². The fraction of sp³-hybridized carbons (Fsp3) is 0.227. The van der Waals surface area contributed by atoms with Crippen molar-refractivity contribution in [3.8, 4) is 11.3 Å². The number of aromatic nitrogens is 2. The number of methoxy groups -OCH3 is 1. The fourth-order valence-corrected chi connectivity index (χ4v) is 2.93. The standard InChI is InChI=1S/C22H23N3O3/c1-16(13-20(26)28-2)23-22(27)19-15-25(14-17-9-5-3-6-10-17)24-21(19)18-11-7-4-8-12-18/h3-12,15-16H,13-14H2,1-2H3,(H,23,27). The third kappa shape index (κ3) is 4.85. The normalized spacial score (nSPS) is 11.6. The Labute approximate surface area is 164 Å². The SMILES string of the molecule is COC(=O)CC(C)NC(=O)c1cn(Cc2ccccc2)nc1-c1ccccc1. The lowest BCUT2D eigenvalue weighted by Crippen LogP contribution is -2.34. The van der Waals surface area contributed by atoms with Crippen molar-refractivity contribution < 1.29 is 14.3 Å². The zero-order valence-corrected chi connectivity index (χ0v) is 16.0. The minimum atomic E-state index is -0.365. The average molecular weight is 377 g/mol. The van der Waals surface area contributed by atoms with Crippen LogP contribution in [-0.4, -0.2) is 34.8 Å². The molecule has 1 unspecified atom stereocenters. The van der Waals surface area contributed by atoms with Gasteiger partial charge >= 0.3 is 5.97 Å². The number of nitrogens with zero attached hydrogens (tertiary/aromatic N) is 2. The molecule has 1 heterocycles. The second-order valence-corrected chi connectivity index (χ2v) is 6.60. The van der Waals surface area contributed by atoms with E-state index in [1.54, 1.807) is 17.8 Å². The Morgan fingerprint density at radius 1 is 1.07 bits per heavy atom. The van der Waals surface area contributed by atoms with Gasteiger partial charge in [0, 0.05) is 17.8 Å². The van der Waals surface area contributed by atoms with Crippen LogP contribution in [0.4, 0.5) is 0 Å². The van der Waals surface area contributed by atoms with Gasteiger partial charge in [-0.2, -0.15) is 5.10 Å². The van der Waals surface area contributed by atoms with Crippen LogP contribution >= 0.6 is 0 Å². The number of hydrogen-bond acceptors (Lipinski definition) is 4. The van der Waals surface area contributed by atoms with Crippen molar-refractivity contribution in [2.24, 2.45) is 0 Å². The Bertz CT molecular complexity index is 936. The molecule has 0 saturated carbocycles. The van der Waals surface area contributed by atoms with E-state index in [1.807, 2.05) is 60.7 Å². The number of esters is 1. The van der Waals surface area contributed by atoms with Crippen molar-refractivity contribution >= 4 is 11.9 Å². The van der Waals surface area contributed by atoms with E-state index in [1.165, 1.54) is 7.11 Å². The van der Waals surface area contributed by atoms with E-state index in [-0.39, 0.29) is 24.3 Å². The van der Waals surface area contributed by atoms with Crippen LogP contribution in [0.1, 0.15) is 29.3 Å². The summed E-state index contributed by atoms with van der Waals surface area (Å²) in [6.45, 7) is 2.33. The molecule has 1 atom stereocenters. The fourth-order valence-electron chi connectivity index (χ4n) is 2.93. The maximum Gasteiger partial charge on any atom is 0.307 e. The minimum absolute atomic E-state index is 0.112. The van der Waals surface area contributed by atoms with Gasteiger partial charge in [-0.1, -0.05) is 60.7 Å². The molecule has 0 fully saturated rings. The first-order valence-corrected chi connectivity index (χ1v) is 9.11. The molecule has 0 aliphatic heterocycles. The molecule has 3 rings (SSSR count). The van der Waals surface area contributed by atoms with E-state index in [2.05, 4.69) is 15.2 Å². The third-order valence-corrected chi connectivity index (χ3v) is 4.32. The molecule has 3 aromatic rings. The van der Waals surface area contributed by atoms with Gasteiger partial charge in [0.1, 0.15) is 5.69 Å². The Hall–Kier alpha value is -3.41. The summed E-state index contributed by atoms with van der Waals surface area (Å²) >= 11 is 0. The van der Waals surface area contributed by atoms with E-state index >= 15 is 0 Å². The van der Waals surface area contributed by atoms with Crippen LogP contribution in [0.3, 0.4) is 0 Å². The van der Waals surface area contributed by atoms with E-state index in [0.717, 1.165) is 11.1 Å². The van der Waals surface area contributed by atoms with Crippen LogP contribution in [0.25, 0.3) is 11.3 Å². The van der Waals surface area contributed by atoms with Crippen LogP contribution in [0.5, 0.6) is 0 Å². The summed E-state index contributed by atoms with van der Waals surface area (Å²) in [6, 6.07) is 19.2. The Morgan fingerprint density at radius 2 is 1.71 bits per heavy atom. The molecule has 0 aliphatic rings. The van der Waals surface area contributed by atoms with Gasteiger partial charge in [0.05, 0.1) is 25.6 Å². The maximum atomic E-state index is 12.9. The molecule has 6 nitrogen and oxygen atoms in total. The summed E-state index contributed by atoms with van der Waals surface area (Å²) in [5.74, 6) is -0.634. The predicted molar refractivity (Wildman–Crippen MR) is 107 cm³/mol. The van der Waals surface area contributed by atoms with Gasteiger partial charge in [-0.25, -0.2) is 0 Å². The number of carbonyl (C=O) groups excluding carboxylic acids is 2. The van der Waals surface area contributed by atoms with Gasteiger partial charge in [-0.15, -0.1) is 0 Å². The van der Waals surface area contributed by atoms with Gasteiger partial charge in [-0.05, 0) is 12.5 Å². The van der Waals surface area contributed by atoms with E-state index in [9.17, 15) is 9.59 Å². The summed E-state index contributed by atoms with van der Waals surface area (Å²) in [7, 11) is 1.33. The van der Waals surface area contributed by atoms with Crippen molar-refractivity contribution in [1.82, 2.24) is 15.1 Å². The number of carbonyl (C=O) groups is 2. The van der Waals surface area contributed by atoms with Crippen LogP contribution in [-0.2, 0) is 16.1 Å². The summed E-state index contributed by atoms with van der Waals surface area (Å²) < 4.78 is 6.43. The average Bonchev–Trinajstić information content (AvgIpc) is 3.13. The Kier molecular flexibility index (Phi) is 6.22. The van der Waals surface area contributed by atoms with E-state index in [4.69, 9.17) is 0 Å². The molecular weight excluding hydrogens is 354 g/mol. The highest BCUT2D eigenvalue weighted by atomic mass is 16.5. The molecule has 2 aromatic carbocycles. The molecular formula is C22H23N3O3. The molecule has 1 aromatic heterocycles. The van der Waals surface area contributed by atoms with Crippen molar-refractivity contribution in [2.45, 2.75) is 25.9 Å². The van der Waals surface area contributed by atoms with Crippen molar-refractivity contribution in [3.05, 3.63) is 78.0 Å². The number of benzene rings is 2. The summed E-state index contributed by atoms with van der Waals surface area (Å²) in [6.07, 6.45) is 1.86. The molecule has 0 aliphatic carbocycles. The highest BCUT2D eigenvalue weighted by molar-refractivity contribution is 6.00. The minimum Gasteiger partial charge on any atom is -0.469 e. The molecule has 6 heteroatoms. The molecule has 0 spiro atoms. The first kappa shape index (κ1) is 19.4. The van der Waals surface area contributed by atoms with Crippen LogP contribution < -0.4 is 5.32 Å². The molecule has 0 bridgehead atoms. The maximum absolute atomic E-state index is 12.9. The number of amides is 1. The molecule has 0 radical (unpaired) electrons. The number of hydrogen-bond donors (Lipinski definition) is 1. The highest BCUT2D eigenvalue weighted by Crippen LogP contribution is 2.22. The summed E-state index contributed by atoms with van der Waals surface area (Å²) in [5.41, 5.74) is 3.04. The second-order valence-electron chi connectivity index (χ2n) is 6.60. The molecule has 1 N–H and O–H groups in total. The van der Waals surface area contributed by atoms with Gasteiger partial charge in [0.25, 0.3) is 5.91 Å². The Balaban J connectivity index is 1.87. The topological polar surface area (TPSA) is 73.2 Å². The quantitative estimate of drug-likeness (QED) is 0.642. The molecule has 1 amide bonds. The lowest BCUT2D eigenvalue weighted by Gasteiger charge is -2.12. The predicted octanol–water partition coefficient (Wildman–Crippen LogP) is 3.28. The van der Waals surface area contributed by atoms with Crippen LogP contribution in [0.15, 0.2) is 66.9 Å². The van der Waals surface area contributed by atoms with Gasteiger partial charge in [0.15, 0.2) is 0 Å². The molecule has 0 saturated heterocycles. The zero-order chi connectivity index (χ0) is 19.9. The van der Waals surface area contributed by atoms with Crippen LogP contribution in [0, 0.1) is 0 Å². The lowest BCUT2D eigenvalue weighted by molar-refractivity contribution is -0.141. The van der Waals surface area contributed by atoms with Gasteiger partial charge in [0.2, 0.25) is 0 Å². The summed E-state index contributed by atoms with van der Waals surface area (Å²) in [5, 5.41) is 7.50. The first-order chi connectivity index (χ1) is 13.6. The largest absolute Gasteiger partial charge is 0.469 e. The smallest absolute Gasteiger partial charge is 0.307 e. The number of nitrogens with one attached hydrogen (secondary N) is 1. The van der Waals surface area contributed by atoms with E-state index in [0.29, 0.717) is 17.8 Å². The number of ether oxygens (including phenoxy) is 1. The Morgan fingerprint density at radius 3 is 2.36 bits per heavy atom. The highest BCUT2D eigenvalue weighted by Gasteiger charge is 2.20. The lowest BCUT2D eigenvalue weighted by atomic mass is 10.1. The zero-order valence-electron chi connectivity index (χ0n) is 16.0. The van der Waals surface area contributed by atoms with Crippen molar-refractivity contribution in [1.29, 1.82) is 0 Å². The summed E-state index contributed by atoms with van der Waals surface area (Å²) in [4.78, 5) is 24.3. The van der Waals surface area contributed by atoms with E-state index < -0.39 is 0 Å². The first-order valence-electron chi connectivity index (χ1n) is 9.11. The van der Waals surface area contributed by atoms with Crippen LogP contribution in [0.2, 0.25) is 0 Å². The van der Waals surface area contributed by atoms with Gasteiger partial charge in [-0.3, -0.25) is 14.3 Å². The van der Waals surface area contributed by atoms with Crippen molar-refractivity contribution in [3.63, 3.8) is 0 Å². The molecule has 28 heavy (non-hydrogen) atoms.